The lowest BCUT2D eigenvalue weighted by Gasteiger charge is -2.32. The second kappa shape index (κ2) is 11.5. The van der Waals surface area contributed by atoms with Crippen LogP contribution in [0.15, 0.2) is 65.3 Å². The van der Waals surface area contributed by atoms with Crippen molar-refractivity contribution in [3.63, 3.8) is 0 Å². The Balaban J connectivity index is 1.38. The van der Waals surface area contributed by atoms with E-state index in [2.05, 4.69) is 19.9 Å². The van der Waals surface area contributed by atoms with E-state index in [1.54, 1.807) is 30.3 Å². The van der Waals surface area contributed by atoms with Gasteiger partial charge in [0.2, 0.25) is 11.8 Å². The highest BCUT2D eigenvalue weighted by atomic mass is 16.5. The minimum Gasteiger partial charge on any atom is -0.508 e. The van der Waals surface area contributed by atoms with Gasteiger partial charge in [-0.3, -0.25) is 14.5 Å². The van der Waals surface area contributed by atoms with Gasteiger partial charge >= 0.3 is 7.12 Å². The van der Waals surface area contributed by atoms with Gasteiger partial charge in [-0.05, 0) is 73.0 Å². The molecule has 0 aromatic heterocycles. The Hall–Kier alpha value is -3.20. The molecule has 0 spiro atoms. The number of ether oxygens (including phenoxy) is 1. The summed E-state index contributed by atoms with van der Waals surface area (Å²) in [5, 5.41) is 28.8. The van der Waals surface area contributed by atoms with Crippen molar-refractivity contribution in [3.8, 4) is 5.75 Å². The van der Waals surface area contributed by atoms with Gasteiger partial charge in [0.15, 0.2) is 0 Å². The Morgan fingerprint density at radius 2 is 1.85 bits per heavy atom. The first-order valence-corrected chi connectivity index (χ1v) is 14.0. The molecule has 2 aromatic rings. The highest BCUT2D eigenvalue weighted by Crippen LogP contribution is 2.51. The van der Waals surface area contributed by atoms with Gasteiger partial charge in [0.25, 0.3) is 0 Å². The van der Waals surface area contributed by atoms with Crippen LogP contribution in [-0.2, 0) is 14.3 Å². The van der Waals surface area contributed by atoms with E-state index < -0.39 is 19.0 Å². The van der Waals surface area contributed by atoms with Crippen LogP contribution in [0.2, 0.25) is 0 Å². The van der Waals surface area contributed by atoms with Crippen LogP contribution in [0.25, 0.3) is 6.08 Å². The number of phenolic OH excluding ortho intramolecular Hbond substituents is 1. The van der Waals surface area contributed by atoms with Crippen LogP contribution in [-0.4, -0.2) is 46.8 Å². The topological polar surface area (TPSA) is 107 Å². The number of benzene rings is 2. The summed E-state index contributed by atoms with van der Waals surface area (Å²) in [6.07, 6.45) is 7.09. The molecule has 39 heavy (non-hydrogen) atoms. The van der Waals surface area contributed by atoms with Crippen molar-refractivity contribution in [1.29, 1.82) is 0 Å². The molecule has 7 nitrogen and oxygen atoms in total. The summed E-state index contributed by atoms with van der Waals surface area (Å²) < 4.78 is 6.35. The van der Waals surface area contributed by atoms with Gasteiger partial charge in [0, 0.05) is 5.92 Å². The molecule has 5 rings (SSSR count). The summed E-state index contributed by atoms with van der Waals surface area (Å²) in [6, 6.07) is 13.5. The van der Waals surface area contributed by atoms with Crippen molar-refractivity contribution in [2.75, 3.05) is 11.5 Å². The highest BCUT2D eigenvalue weighted by Gasteiger charge is 2.57. The molecule has 0 unspecified atom stereocenters. The summed E-state index contributed by atoms with van der Waals surface area (Å²) in [5.74, 6) is -1.18. The van der Waals surface area contributed by atoms with Crippen LogP contribution in [0.1, 0.15) is 57.9 Å². The van der Waals surface area contributed by atoms with Gasteiger partial charge in [-0.1, -0.05) is 61.8 Å². The monoisotopic (exact) mass is 529 g/mol. The van der Waals surface area contributed by atoms with Crippen LogP contribution in [0, 0.1) is 17.8 Å². The smallest absolute Gasteiger partial charge is 0.488 e. The molecule has 2 heterocycles. The normalized spacial score (nSPS) is 24.8. The van der Waals surface area contributed by atoms with Gasteiger partial charge < -0.3 is 19.9 Å². The Labute approximate surface area is 229 Å². The lowest BCUT2D eigenvalue weighted by Crippen LogP contribution is -2.35. The molecular weight excluding hydrogens is 493 g/mol. The number of nitrogens with zero attached hydrogens (tertiary/aromatic N) is 1. The van der Waals surface area contributed by atoms with Crippen molar-refractivity contribution < 1.29 is 29.5 Å². The number of imide groups is 1. The molecule has 3 aliphatic rings. The lowest BCUT2D eigenvalue weighted by molar-refractivity contribution is -0.122. The molecule has 2 fully saturated rings. The quantitative estimate of drug-likeness (QED) is 0.258. The number of anilines is 1. The third-order valence-corrected chi connectivity index (χ3v) is 8.43. The molecule has 2 aromatic carbocycles. The first-order chi connectivity index (χ1) is 18.8. The maximum atomic E-state index is 13.8. The van der Waals surface area contributed by atoms with Crippen LogP contribution < -0.4 is 10.4 Å². The van der Waals surface area contributed by atoms with Gasteiger partial charge in [0.05, 0.1) is 30.2 Å². The Morgan fingerprint density at radius 1 is 1.08 bits per heavy atom. The van der Waals surface area contributed by atoms with E-state index in [1.165, 1.54) is 27.7 Å². The zero-order chi connectivity index (χ0) is 27.7. The number of carbonyl (C=O) groups excluding carboxylic acids is 2. The molecule has 2 aliphatic heterocycles. The molecule has 0 radical (unpaired) electrons. The molecule has 1 aliphatic carbocycles. The van der Waals surface area contributed by atoms with E-state index in [0.29, 0.717) is 18.7 Å². The first-order valence-electron chi connectivity index (χ1n) is 14.0. The van der Waals surface area contributed by atoms with E-state index in [4.69, 9.17) is 4.74 Å². The highest BCUT2D eigenvalue weighted by molar-refractivity contribution is 6.58. The standard InChI is InChI=1S/C31H36BNO6/c1-3-6-21-16-25-29(31(36)33(30(25)35)23-8-5-7-22(17-23)32(37)38)26-18-39-27(28(21)26)14-11-19(4-2)15-20-9-12-24(34)13-10-20/h5,7-10,12-13,15,17,25-27,29,34,37-38H,3-4,6,11,14,16,18H2,1-2H3/b19-15+/t25-,26+,27-,29-/m1/s1. The molecule has 8 heteroatoms. The maximum absolute atomic E-state index is 13.8. The van der Waals surface area contributed by atoms with Gasteiger partial charge in [-0.15, -0.1) is 0 Å². The minimum absolute atomic E-state index is 0.0721. The van der Waals surface area contributed by atoms with E-state index in [1.807, 2.05) is 12.1 Å². The summed E-state index contributed by atoms with van der Waals surface area (Å²) in [6.45, 7) is 4.70. The van der Waals surface area contributed by atoms with Gasteiger partial charge in [0.1, 0.15) is 5.75 Å². The Morgan fingerprint density at radius 3 is 2.54 bits per heavy atom. The molecule has 3 N–H and O–H groups in total. The molecular formula is C31H36BNO6. The molecule has 2 saturated heterocycles. The van der Waals surface area contributed by atoms with Crippen LogP contribution >= 0.6 is 0 Å². The predicted molar refractivity (Wildman–Crippen MR) is 151 cm³/mol. The van der Waals surface area contributed by atoms with E-state index in [-0.39, 0.29) is 35.0 Å². The second-order valence-electron chi connectivity index (χ2n) is 10.8. The number of hydrogen-bond donors (Lipinski definition) is 3. The third kappa shape index (κ3) is 5.33. The van der Waals surface area contributed by atoms with Crippen molar-refractivity contribution in [2.45, 2.75) is 58.5 Å². The Kier molecular flexibility index (Phi) is 8.07. The van der Waals surface area contributed by atoms with Crippen molar-refractivity contribution in [1.82, 2.24) is 0 Å². The minimum atomic E-state index is -1.68. The second-order valence-corrected chi connectivity index (χ2v) is 10.8. The van der Waals surface area contributed by atoms with Crippen molar-refractivity contribution >= 4 is 36.2 Å². The van der Waals surface area contributed by atoms with Crippen LogP contribution in [0.4, 0.5) is 5.69 Å². The summed E-state index contributed by atoms with van der Waals surface area (Å²) in [5.41, 5.74) is 5.45. The fraction of sp³-hybridized carbons (Fsp3) is 0.419. The number of fused-ring (bicyclic) bond motifs is 3. The number of aromatic hydroxyl groups is 1. The fourth-order valence-corrected chi connectivity index (χ4v) is 6.56. The molecule has 0 saturated carbocycles. The zero-order valence-electron chi connectivity index (χ0n) is 22.5. The summed E-state index contributed by atoms with van der Waals surface area (Å²) in [7, 11) is -1.68. The predicted octanol–water partition coefficient (Wildman–Crippen LogP) is 3.97. The summed E-state index contributed by atoms with van der Waals surface area (Å²) >= 11 is 0. The van der Waals surface area contributed by atoms with Crippen molar-refractivity contribution in [2.24, 2.45) is 17.8 Å². The Bertz CT molecular complexity index is 1300. The van der Waals surface area contributed by atoms with Gasteiger partial charge in [-0.2, -0.15) is 0 Å². The molecule has 204 valence electrons. The fourth-order valence-electron chi connectivity index (χ4n) is 6.56. The number of rotatable bonds is 9. The number of hydrogen-bond acceptors (Lipinski definition) is 6. The molecule has 4 atom stereocenters. The van der Waals surface area contributed by atoms with Gasteiger partial charge in [-0.25, -0.2) is 0 Å². The largest absolute Gasteiger partial charge is 0.508 e. The zero-order valence-corrected chi connectivity index (χ0v) is 22.5. The molecule has 0 bridgehead atoms. The van der Waals surface area contributed by atoms with Crippen LogP contribution in [0.3, 0.4) is 0 Å². The first kappa shape index (κ1) is 27.4. The van der Waals surface area contributed by atoms with E-state index in [9.17, 15) is 24.7 Å². The summed E-state index contributed by atoms with van der Waals surface area (Å²) in [4.78, 5) is 28.6. The van der Waals surface area contributed by atoms with Crippen LogP contribution in [0.5, 0.6) is 5.75 Å². The number of phenols is 1. The molecule has 2 amide bonds. The average Bonchev–Trinajstić information content (AvgIpc) is 3.46. The van der Waals surface area contributed by atoms with Crippen molar-refractivity contribution in [3.05, 3.63) is 70.8 Å². The van der Waals surface area contributed by atoms with E-state index in [0.717, 1.165) is 37.7 Å². The number of amides is 2. The third-order valence-electron chi connectivity index (χ3n) is 8.43. The maximum Gasteiger partial charge on any atom is 0.488 e. The average molecular weight is 529 g/mol. The van der Waals surface area contributed by atoms with E-state index >= 15 is 0 Å². The number of allylic oxidation sites excluding steroid dienone is 2. The lowest BCUT2D eigenvalue weighted by atomic mass is 9.68. The number of carbonyl (C=O) groups is 2. The SMILES string of the molecule is CCCC1=C2[C@@H](CC/C(=C/c3ccc(O)cc3)CC)OC[C@@H]2[C@@H]2C(=O)N(c3cccc(B(O)O)c3)C(=O)[C@@H]2C1.